The van der Waals surface area contributed by atoms with Gasteiger partial charge in [0.1, 0.15) is 6.04 Å². The molecule has 0 bridgehead atoms. The number of carboxylic acid groups (broad SMARTS) is 1. The maximum absolute atomic E-state index is 12.2. The Balaban J connectivity index is 1.59. The molecule has 0 aliphatic heterocycles. The zero-order valence-corrected chi connectivity index (χ0v) is 16.0. The van der Waals surface area contributed by atoms with Crippen molar-refractivity contribution in [3.8, 4) is 11.1 Å². The molecule has 0 aromatic heterocycles. The zero-order chi connectivity index (χ0) is 20.6. The van der Waals surface area contributed by atoms with Crippen LogP contribution in [0, 0.1) is 0 Å². The molecule has 0 amide bonds. The summed E-state index contributed by atoms with van der Waals surface area (Å²) in [6.07, 6.45) is 0.301. The van der Waals surface area contributed by atoms with Crippen LogP contribution in [0.4, 0.5) is 0 Å². The van der Waals surface area contributed by atoms with Gasteiger partial charge in [-0.3, -0.25) is 9.59 Å². The Morgan fingerprint density at radius 1 is 0.862 bits per heavy atom. The average Bonchev–Trinajstić information content (AvgIpc) is 2.75. The first-order valence-corrected chi connectivity index (χ1v) is 9.48. The third kappa shape index (κ3) is 5.85. The van der Waals surface area contributed by atoms with Crippen molar-refractivity contribution in [3.05, 3.63) is 95.6 Å². The fourth-order valence-electron chi connectivity index (χ4n) is 3.08. The van der Waals surface area contributed by atoms with Gasteiger partial charge in [-0.2, -0.15) is 0 Å². The number of nitrogens with two attached hydrogens (primary N) is 1. The van der Waals surface area contributed by atoms with Crippen LogP contribution in [0.25, 0.3) is 11.1 Å². The van der Waals surface area contributed by atoms with E-state index in [4.69, 9.17) is 10.8 Å². The number of carbonyl (C=O) groups excluding carboxylic acids is 1. The van der Waals surface area contributed by atoms with Gasteiger partial charge in [-0.05, 0) is 34.7 Å². The highest BCUT2D eigenvalue weighted by Crippen LogP contribution is 2.21. The summed E-state index contributed by atoms with van der Waals surface area (Å²) in [7, 11) is 0. The number of carboxylic acids is 1. The summed E-state index contributed by atoms with van der Waals surface area (Å²) in [5.41, 5.74) is 10.4. The summed E-state index contributed by atoms with van der Waals surface area (Å²) in [6.45, 7) is 0.880. The third-order valence-electron chi connectivity index (χ3n) is 4.70. The Morgan fingerprint density at radius 3 is 2.28 bits per heavy atom. The van der Waals surface area contributed by atoms with Crippen molar-refractivity contribution in [2.75, 3.05) is 6.54 Å². The van der Waals surface area contributed by atoms with Crippen LogP contribution >= 0.6 is 0 Å². The first kappa shape index (κ1) is 20.5. The molecule has 3 rings (SSSR count). The van der Waals surface area contributed by atoms with Gasteiger partial charge in [0, 0.05) is 12.1 Å². The van der Waals surface area contributed by atoms with Gasteiger partial charge < -0.3 is 16.2 Å². The molecule has 0 fully saturated rings. The zero-order valence-electron chi connectivity index (χ0n) is 16.0. The molecule has 0 heterocycles. The van der Waals surface area contributed by atoms with Crippen LogP contribution in [0.1, 0.15) is 21.5 Å². The van der Waals surface area contributed by atoms with Crippen molar-refractivity contribution < 1.29 is 14.7 Å². The van der Waals surface area contributed by atoms with E-state index in [1.165, 1.54) is 0 Å². The number of Topliss-reactive ketones (excluding diaryl/α,β-unsaturated/α-hetero) is 1. The highest BCUT2D eigenvalue weighted by Gasteiger charge is 2.12. The molecule has 0 radical (unpaired) electrons. The lowest BCUT2D eigenvalue weighted by Gasteiger charge is -2.09. The van der Waals surface area contributed by atoms with E-state index in [0.717, 1.165) is 22.3 Å². The first-order valence-electron chi connectivity index (χ1n) is 9.48. The lowest BCUT2D eigenvalue weighted by molar-refractivity contribution is -0.138. The number of aliphatic carboxylic acids is 1. The fraction of sp³-hybridized carbons (Fsp3) is 0.167. The maximum Gasteiger partial charge on any atom is 0.320 e. The summed E-state index contributed by atoms with van der Waals surface area (Å²) >= 11 is 0. The molecule has 0 saturated heterocycles. The van der Waals surface area contributed by atoms with Crippen molar-refractivity contribution in [2.45, 2.75) is 19.0 Å². The fourth-order valence-corrected chi connectivity index (χ4v) is 3.08. The smallest absolute Gasteiger partial charge is 0.320 e. The molecule has 0 aliphatic rings. The molecule has 0 unspecified atom stereocenters. The van der Waals surface area contributed by atoms with Crippen molar-refractivity contribution in [1.82, 2.24) is 5.32 Å². The van der Waals surface area contributed by atoms with E-state index in [0.29, 0.717) is 18.5 Å². The molecule has 5 heteroatoms. The van der Waals surface area contributed by atoms with E-state index in [2.05, 4.69) is 11.4 Å². The normalized spacial score (nSPS) is 11.8. The summed E-state index contributed by atoms with van der Waals surface area (Å²) < 4.78 is 0. The summed E-state index contributed by atoms with van der Waals surface area (Å²) in [5.74, 6) is -0.933. The van der Waals surface area contributed by atoms with Gasteiger partial charge in [0.15, 0.2) is 5.78 Å². The molecule has 4 N–H and O–H groups in total. The maximum atomic E-state index is 12.2. The van der Waals surface area contributed by atoms with E-state index in [9.17, 15) is 9.59 Å². The van der Waals surface area contributed by atoms with Crippen molar-refractivity contribution in [3.63, 3.8) is 0 Å². The van der Waals surface area contributed by atoms with Crippen LogP contribution in [-0.2, 0) is 17.8 Å². The second-order valence-electron chi connectivity index (χ2n) is 6.94. The summed E-state index contributed by atoms with van der Waals surface area (Å²) in [6, 6.07) is 24.2. The molecular weight excluding hydrogens is 364 g/mol. The SMILES string of the molecule is N[C@H](Cc1ccc(-c2cccc(CNCC(=O)c3ccccc3)c2)cc1)C(=O)O. The van der Waals surface area contributed by atoms with Crippen LogP contribution in [0.5, 0.6) is 0 Å². The molecular formula is C24H24N2O3. The first-order chi connectivity index (χ1) is 14.0. The molecule has 3 aromatic rings. The topological polar surface area (TPSA) is 92.4 Å². The number of nitrogens with one attached hydrogen (secondary N) is 1. The van der Waals surface area contributed by atoms with Gasteiger partial charge in [0.25, 0.3) is 0 Å². The summed E-state index contributed by atoms with van der Waals surface area (Å²) in [5, 5.41) is 12.1. The predicted octanol–water partition coefficient (Wildman–Crippen LogP) is 3.28. The van der Waals surface area contributed by atoms with Gasteiger partial charge in [0.2, 0.25) is 0 Å². The van der Waals surface area contributed by atoms with E-state index in [1.54, 1.807) is 0 Å². The average molecular weight is 388 g/mol. The number of hydrogen-bond acceptors (Lipinski definition) is 4. The molecule has 0 saturated carbocycles. The molecule has 148 valence electrons. The van der Waals surface area contributed by atoms with Crippen LogP contribution in [-0.4, -0.2) is 29.4 Å². The second-order valence-corrected chi connectivity index (χ2v) is 6.94. The largest absolute Gasteiger partial charge is 0.480 e. The number of hydrogen-bond donors (Lipinski definition) is 3. The minimum Gasteiger partial charge on any atom is -0.480 e. The second kappa shape index (κ2) is 9.78. The van der Waals surface area contributed by atoms with Crippen LogP contribution in [0.15, 0.2) is 78.9 Å². The standard InChI is InChI=1S/C24H24N2O3/c25-22(24(28)29)14-17-9-11-19(12-10-17)21-8-4-5-18(13-21)15-26-16-23(27)20-6-2-1-3-7-20/h1-13,22,26H,14-16,25H2,(H,28,29)/t22-/m1/s1. The van der Waals surface area contributed by atoms with Crippen LogP contribution in [0.3, 0.4) is 0 Å². The summed E-state index contributed by atoms with van der Waals surface area (Å²) in [4.78, 5) is 23.1. The number of ketones is 1. The van der Waals surface area contributed by atoms with Gasteiger partial charge in [0.05, 0.1) is 6.54 Å². The van der Waals surface area contributed by atoms with Crippen LogP contribution < -0.4 is 11.1 Å². The van der Waals surface area contributed by atoms with Crippen molar-refractivity contribution in [1.29, 1.82) is 0 Å². The monoisotopic (exact) mass is 388 g/mol. The van der Waals surface area contributed by atoms with Crippen molar-refractivity contribution >= 4 is 11.8 Å². The molecule has 3 aromatic carbocycles. The van der Waals surface area contributed by atoms with Crippen molar-refractivity contribution in [2.24, 2.45) is 5.73 Å². The van der Waals surface area contributed by atoms with E-state index < -0.39 is 12.0 Å². The molecule has 1 atom stereocenters. The lowest BCUT2D eigenvalue weighted by Crippen LogP contribution is -2.32. The molecule has 29 heavy (non-hydrogen) atoms. The Kier molecular flexibility index (Phi) is 6.89. The third-order valence-corrected chi connectivity index (χ3v) is 4.70. The van der Waals surface area contributed by atoms with E-state index in [1.807, 2.05) is 72.8 Å². The Hall–Kier alpha value is -3.28. The minimum absolute atomic E-state index is 0.0666. The number of benzene rings is 3. The molecule has 0 aliphatic carbocycles. The highest BCUT2D eigenvalue weighted by atomic mass is 16.4. The number of rotatable bonds is 9. The van der Waals surface area contributed by atoms with E-state index >= 15 is 0 Å². The molecule has 0 spiro atoms. The quantitative estimate of drug-likeness (QED) is 0.489. The Labute approximate surface area is 170 Å². The highest BCUT2D eigenvalue weighted by molar-refractivity contribution is 5.97. The van der Waals surface area contributed by atoms with Gasteiger partial charge in [-0.25, -0.2) is 0 Å². The predicted molar refractivity (Wildman–Crippen MR) is 114 cm³/mol. The Bertz CT molecular complexity index is 969. The van der Waals surface area contributed by atoms with Gasteiger partial charge in [-0.15, -0.1) is 0 Å². The van der Waals surface area contributed by atoms with E-state index in [-0.39, 0.29) is 12.3 Å². The lowest BCUT2D eigenvalue weighted by atomic mass is 9.99. The minimum atomic E-state index is -1.000. The van der Waals surface area contributed by atoms with Crippen LogP contribution in [0.2, 0.25) is 0 Å². The number of carbonyl (C=O) groups is 2. The van der Waals surface area contributed by atoms with Gasteiger partial charge in [-0.1, -0.05) is 72.8 Å². The van der Waals surface area contributed by atoms with Gasteiger partial charge >= 0.3 is 5.97 Å². The molecule has 5 nitrogen and oxygen atoms in total. The Morgan fingerprint density at radius 2 is 1.59 bits per heavy atom.